The Balaban J connectivity index is 0. The molecule has 1 N–H and O–H groups in total. The van der Waals surface area contributed by atoms with E-state index in [2.05, 4.69) is 10.1 Å². The number of halogens is 1. The minimum atomic E-state index is 0. The molecule has 0 rings (SSSR count). The maximum Gasteiger partial charge on any atom is 0.145 e. The summed E-state index contributed by atoms with van der Waals surface area (Å²) in [6.45, 7) is 1.37. The topological polar surface area (TPSA) is 57.4 Å². The van der Waals surface area contributed by atoms with Gasteiger partial charge >= 0.3 is 0 Å². The van der Waals surface area contributed by atoms with Crippen LogP contribution >= 0.6 is 12.4 Å². The van der Waals surface area contributed by atoms with Crippen molar-refractivity contribution < 1.29 is 9.94 Å². The SMILES string of the molecule is COCCC/N=C(/C=N/O)N(C)C.Cl. The van der Waals surface area contributed by atoms with E-state index in [0.717, 1.165) is 6.42 Å². The highest BCUT2D eigenvalue weighted by molar-refractivity contribution is 6.28. The third-order valence-corrected chi connectivity index (χ3v) is 1.41. The van der Waals surface area contributed by atoms with E-state index < -0.39 is 0 Å². The van der Waals surface area contributed by atoms with Crippen LogP contribution in [0.1, 0.15) is 6.42 Å². The number of rotatable bonds is 5. The van der Waals surface area contributed by atoms with Crippen molar-refractivity contribution in [3.05, 3.63) is 0 Å². The second kappa shape index (κ2) is 10.3. The molecule has 0 aromatic rings. The molecule has 0 saturated heterocycles. The fourth-order valence-electron chi connectivity index (χ4n) is 0.752. The summed E-state index contributed by atoms with van der Waals surface area (Å²) in [5, 5.41) is 11.3. The predicted molar refractivity (Wildman–Crippen MR) is 60.0 cm³/mol. The van der Waals surface area contributed by atoms with E-state index in [1.54, 1.807) is 12.0 Å². The largest absolute Gasteiger partial charge is 0.411 e. The Labute approximate surface area is 90.9 Å². The number of hydrogen-bond donors (Lipinski definition) is 1. The summed E-state index contributed by atoms with van der Waals surface area (Å²) in [6.07, 6.45) is 2.18. The van der Waals surface area contributed by atoms with Gasteiger partial charge < -0.3 is 14.8 Å². The lowest BCUT2D eigenvalue weighted by Gasteiger charge is -2.10. The van der Waals surface area contributed by atoms with Gasteiger partial charge in [0, 0.05) is 34.4 Å². The first-order valence-electron chi connectivity index (χ1n) is 4.10. The Hall–Kier alpha value is -0.810. The Morgan fingerprint density at radius 3 is 2.57 bits per heavy atom. The molecule has 0 heterocycles. The Kier molecular flexibility index (Phi) is 11.5. The van der Waals surface area contributed by atoms with Gasteiger partial charge in [-0.15, -0.1) is 12.4 Å². The van der Waals surface area contributed by atoms with Gasteiger partial charge in [-0.2, -0.15) is 0 Å². The third-order valence-electron chi connectivity index (χ3n) is 1.41. The van der Waals surface area contributed by atoms with Gasteiger partial charge in [0.25, 0.3) is 0 Å². The van der Waals surface area contributed by atoms with E-state index in [1.165, 1.54) is 6.21 Å². The smallest absolute Gasteiger partial charge is 0.145 e. The first-order valence-corrected chi connectivity index (χ1v) is 4.10. The molecule has 0 aliphatic heterocycles. The maximum atomic E-state index is 8.33. The van der Waals surface area contributed by atoms with Crippen LogP contribution < -0.4 is 0 Å². The number of oxime groups is 1. The summed E-state index contributed by atoms with van der Waals surface area (Å²) in [6, 6.07) is 0. The van der Waals surface area contributed by atoms with E-state index in [9.17, 15) is 0 Å². The molecule has 0 atom stereocenters. The molecule has 5 nitrogen and oxygen atoms in total. The van der Waals surface area contributed by atoms with E-state index in [0.29, 0.717) is 19.0 Å². The first-order chi connectivity index (χ1) is 6.22. The minimum absolute atomic E-state index is 0. The van der Waals surface area contributed by atoms with Gasteiger partial charge in [0.2, 0.25) is 0 Å². The van der Waals surface area contributed by atoms with Gasteiger partial charge in [-0.3, -0.25) is 4.99 Å². The van der Waals surface area contributed by atoms with Crippen LogP contribution in [0.5, 0.6) is 0 Å². The normalized spacial score (nSPS) is 11.5. The van der Waals surface area contributed by atoms with E-state index in [4.69, 9.17) is 9.94 Å². The van der Waals surface area contributed by atoms with Gasteiger partial charge in [0.1, 0.15) is 12.1 Å². The molecule has 14 heavy (non-hydrogen) atoms. The quantitative estimate of drug-likeness (QED) is 0.247. The van der Waals surface area contributed by atoms with Gasteiger partial charge in [0.15, 0.2) is 0 Å². The molecule has 84 valence electrons. The third kappa shape index (κ3) is 7.82. The zero-order valence-electron chi connectivity index (χ0n) is 8.80. The average Bonchev–Trinajstić information content (AvgIpc) is 2.10. The fourth-order valence-corrected chi connectivity index (χ4v) is 0.752. The number of nitrogens with zero attached hydrogens (tertiary/aromatic N) is 3. The van der Waals surface area contributed by atoms with Crippen molar-refractivity contribution in [3.8, 4) is 0 Å². The van der Waals surface area contributed by atoms with Gasteiger partial charge in [-0.05, 0) is 6.42 Å². The monoisotopic (exact) mass is 223 g/mol. The van der Waals surface area contributed by atoms with Crippen LogP contribution in [-0.2, 0) is 4.74 Å². The molecule has 6 heteroatoms. The van der Waals surface area contributed by atoms with Crippen molar-refractivity contribution in [1.82, 2.24) is 4.90 Å². The standard InChI is InChI=1S/C8H17N3O2.ClH/c1-11(2)8(7-10-12)9-5-4-6-13-3;/h7,12H,4-6H2,1-3H3;1H/b9-8-,10-7+;. The second-order valence-corrected chi connectivity index (χ2v) is 2.73. The summed E-state index contributed by atoms with van der Waals surface area (Å²) < 4.78 is 4.88. The molecule has 0 aromatic carbocycles. The lowest BCUT2D eigenvalue weighted by molar-refractivity contribution is 0.197. The van der Waals surface area contributed by atoms with Gasteiger partial charge in [0.05, 0.1) is 0 Å². The van der Waals surface area contributed by atoms with Gasteiger partial charge in [-0.1, -0.05) is 5.16 Å². The van der Waals surface area contributed by atoms with Crippen molar-refractivity contribution in [1.29, 1.82) is 0 Å². The zero-order valence-corrected chi connectivity index (χ0v) is 9.62. The lowest BCUT2D eigenvalue weighted by atomic mass is 10.4. The van der Waals surface area contributed by atoms with E-state index >= 15 is 0 Å². The van der Waals surface area contributed by atoms with Crippen molar-refractivity contribution in [2.45, 2.75) is 6.42 Å². The van der Waals surface area contributed by atoms with Crippen LogP contribution in [0, 0.1) is 0 Å². The van der Waals surface area contributed by atoms with Crippen LogP contribution in [-0.4, -0.2) is 56.5 Å². The van der Waals surface area contributed by atoms with Crippen LogP contribution in [0.15, 0.2) is 10.1 Å². The van der Waals surface area contributed by atoms with Crippen LogP contribution in [0.2, 0.25) is 0 Å². The summed E-state index contributed by atoms with van der Waals surface area (Å²) >= 11 is 0. The summed E-state index contributed by atoms with van der Waals surface area (Å²) in [5.41, 5.74) is 0. The molecule has 0 amide bonds. The Morgan fingerprint density at radius 2 is 2.14 bits per heavy atom. The van der Waals surface area contributed by atoms with Crippen LogP contribution in [0.25, 0.3) is 0 Å². The van der Waals surface area contributed by atoms with E-state index in [1.807, 2.05) is 14.1 Å². The number of amidine groups is 1. The highest BCUT2D eigenvalue weighted by atomic mass is 35.5. The van der Waals surface area contributed by atoms with Crippen LogP contribution in [0.4, 0.5) is 0 Å². The molecular weight excluding hydrogens is 206 g/mol. The first kappa shape index (κ1) is 15.7. The second-order valence-electron chi connectivity index (χ2n) is 2.73. The Bertz CT molecular complexity index is 183. The van der Waals surface area contributed by atoms with Crippen molar-refractivity contribution in [2.24, 2.45) is 10.1 Å². The molecule has 0 unspecified atom stereocenters. The molecule has 0 fully saturated rings. The fraction of sp³-hybridized carbons (Fsp3) is 0.750. The molecule has 0 bridgehead atoms. The van der Waals surface area contributed by atoms with Crippen molar-refractivity contribution >= 4 is 24.5 Å². The average molecular weight is 224 g/mol. The minimum Gasteiger partial charge on any atom is -0.411 e. The molecule has 0 saturated carbocycles. The molecule has 0 aliphatic rings. The molecular formula is C8H18ClN3O2. The number of ether oxygens (including phenoxy) is 1. The highest BCUT2D eigenvalue weighted by Crippen LogP contribution is 1.86. The van der Waals surface area contributed by atoms with E-state index in [-0.39, 0.29) is 12.4 Å². The molecule has 0 aliphatic carbocycles. The molecule has 0 spiro atoms. The number of aliphatic imine (C=N–C) groups is 1. The number of hydrogen-bond acceptors (Lipinski definition) is 4. The maximum absolute atomic E-state index is 8.33. The summed E-state index contributed by atoms with van der Waals surface area (Å²) in [4.78, 5) is 5.99. The summed E-state index contributed by atoms with van der Waals surface area (Å²) in [5.74, 6) is 0.651. The zero-order chi connectivity index (χ0) is 10.1. The van der Waals surface area contributed by atoms with Crippen LogP contribution in [0.3, 0.4) is 0 Å². The number of methoxy groups -OCH3 is 1. The molecule has 0 aromatic heterocycles. The lowest BCUT2D eigenvalue weighted by Crippen LogP contribution is -2.23. The summed E-state index contributed by atoms with van der Waals surface area (Å²) in [7, 11) is 5.35. The predicted octanol–water partition coefficient (Wildman–Crippen LogP) is 0.865. The Morgan fingerprint density at radius 1 is 1.50 bits per heavy atom. The molecule has 0 radical (unpaired) electrons. The van der Waals surface area contributed by atoms with Crippen molar-refractivity contribution in [2.75, 3.05) is 34.4 Å². The highest BCUT2D eigenvalue weighted by Gasteiger charge is 1.96. The van der Waals surface area contributed by atoms with Gasteiger partial charge in [-0.25, -0.2) is 0 Å². The van der Waals surface area contributed by atoms with Crippen molar-refractivity contribution in [3.63, 3.8) is 0 Å².